The van der Waals surface area contributed by atoms with Crippen molar-refractivity contribution in [2.24, 2.45) is 11.8 Å². The lowest BCUT2D eigenvalue weighted by molar-refractivity contribution is -0.244. The highest BCUT2D eigenvalue weighted by Gasteiger charge is 2.54. The van der Waals surface area contributed by atoms with Crippen molar-refractivity contribution in [2.75, 3.05) is 28.4 Å². The van der Waals surface area contributed by atoms with E-state index in [9.17, 15) is 4.79 Å². The molecule has 0 aliphatic heterocycles. The summed E-state index contributed by atoms with van der Waals surface area (Å²) in [6.07, 6.45) is 11.6. The molecular formula is C26H42O5. The molecule has 0 radical (unpaired) electrons. The van der Waals surface area contributed by atoms with Crippen LogP contribution in [-0.4, -0.2) is 40.0 Å². The maximum Gasteiger partial charge on any atom is 0.234 e. The number of hydrogen-bond donors (Lipinski definition) is 0. The molecule has 176 valence electrons. The average Bonchev–Trinajstić information content (AvgIpc) is 2.73. The molecular weight excluding hydrogens is 392 g/mol. The van der Waals surface area contributed by atoms with Crippen LogP contribution in [0.3, 0.4) is 0 Å². The summed E-state index contributed by atoms with van der Waals surface area (Å²) in [4.78, 5) is 13.1. The minimum atomic E-state index is -1.15. The molecule has 0 amide bonds. The number of carbonyl (C=O) groups is 1. The summed E-state index contributed by atoms with van der Waals surface area (Å²) >= 11 is 0. The van der Waals surface area contributed by atoms with E-state index in [4.69, 9.17) is 18.9 Å². The van der Waals surface area contributed by atoms with Gasteiger partial charge in [0.1, 0.15) is 0 Å². The van der Waals surface area contributed by atoms with Gasteiger partial charge >= 0.3 is 0 Å². The molecule has 0 spiro atoms. The van der Waals surface area contributed by atoms with Crippen LogP contribution in [-0.2, 0) is 23.7 Å². The van der Waals surface area contributed by atoms with Gasteiger partial charge in [0.15, 0.2) is 0 Å². The lowest BCUT2D eigenvalue weighted by Gasteiger charge is -2.43. The first-order valence-electron chi connectivity index (χ1n) is 11.1. The van der Waals surface area contributed by atoms with Gasteiger partial charge in [-0.1, -0.05) is 41.9 Å². The van der Waals surface area contributed by atoms with Crippen molar-refractivity contribution >= 4 is 5.78 Å². The van der Waals surface area contributed by atoms with E-state index in [0.29, 0.717) is 12.2 Å². The fraction of sp³-hybridized carbons (Fsp3) is 0.654. The summed E-state index contributed by atoms with van der Waals surface area (Å²) < 4.78 is 22.3. The van der Waals surface area contributed by atoms with Gasteiger partial charge in [-0.25, -0.2) is 0 Å². The van der Waals surface area contributed by atoms with Crippen LogP contribution in [0, 0.1) is 11.8 Å². The number of ether oxygens (including phenoxy) is 4. The second kappa shape index (κ2) is 12.9. The number of ketones is 1. The van der Waals surface area contributed by atoms with Crippen molar-refractivity contribution in [2.45, 2.75) is 72.5 Å². The first kappa shape index (κ1) is 27.2. The second-order valence-corrected chi connectivity index (χ2v) is 8.60. The highest BCUT2D eigenvalue weighted by atomic mass is 16.7. The van der Waals surface area contributed by atoms with E-state index >= 15 is 0 Å². The normalized spacial score (nSPS) is 21.9. The van der Waals surface area contributed by atoms with Crippen LogP contribution in [0.4, 0.5) is 0 Å². The van der Waals surface area contributed by atoms with Crippen molar-refractivity contribution in [3.63, 3.8) is 0 Å². The Bertz CT molecular complexity index is 718. The Morgan fingerprint density at radius 3 is 1.90 bits per heavy atom. The van der Waals surface area contributed by atoms with Gasteiger partial charge in [0.05, 0.1) is 14.2 Å². The van der Waals surface area contributed by atoms with Crippen LogP contribution in [0.5, 0.6) is 0 Å². The molecule has 5 nitrogen and oxygen atoms in total. The summed E-state index contributed by atoms with van der Waals surface area (Å²) in [5.41, 5.74) is 4.07. The molecule has 0 aromatic rings. The van der Waals surface area contributed by atoms with Gasteiger partial charge in [0.2, 0.25) is 23.1 Å². The van der Waals surface area contributed by atoms with E-state index in [0.717, 1.165) is 25.7 Å². The number of carbonyl (C=O) groups excluding carboxylic acids is 1. The molecule has 0 N–H and O–H groups in total. The molecule has 0 aromatic carbocycles. The van der Waals surface area contributed by atoms with Crippen molar-refractivity contribution in [3.05, 3.63) is 46.5 Å². The lowest BCUT2D eigenvalue weighted by atomic mass is 9.75. The molecule has 0 unspecified atom stereocenters. The number of methoxy groups -OCH3 is 4. The molecule has 0 saturated carbocycles. The molecule has 31 heavy (non-hydrogen) atoms. The SMILES string of the molecule is COC1=C(OC)C(OC)(OC)[C@H](C)[C@@H](C/C=C(\C)CC/C=C(\C)CCC=C(C)C)C1=O. The number of rotatable bonds is 12. The van der Waals surface area contributed by atoms with Crippen molar-refractivity contribution in [1.29, 1.82) is 0 Å². The van der Waals surface area contributed by atoms with Crippen LogP contribution in [0.15, 0.2) is 46.5 Å². The fourth-order valence-electron chi connectivity index (χ4n) is 4.18. The van der Waals surface area contributed by atoms with Crippen molar-refractivity contribution in [3.8, 4) is 0 Å². The zero-order valence-electron chi connectivity index (χ0n) is 21.0. The molecule has 1 aliphatic carbocycles. The molecule has 0 saturated heterocycles. The van der Waals surface area contributed by atoms with Gasteiger partial charge in [-0.05, 0) is 59.8 Å². The van der Waals surface area contributed by atoms with Crippen LogP contribution < -0.4 is 0 Å². The number of Topliss-reactive ketones (excluding diaryl/α,β-unsaturated/α-hetero) is 1. The Labute approximate surface area is 189 Å². The molecule has 0 fully saturated rings. The summed E-state index contributed by atoms with van der Waals surface area (Å²) in [6, 6.07) is 0. The molecule has 0 heterocycles. The van der Waals surface area contributed by atoms with Crippen LogP contribution in [0.2, 0.25) is 0 Å². The van der Waals surface area contributed by atoms with Crippen molar-refractivity contribution in [1.82, 2.24) is 0 Å². The Kier molecular flexibility index (Phi) is 11.3. The average molecular weight is 435 g/mol. The first-order valence-corrected chi connectivity index (χ1v) is 11.1. The van der Waals surface area contributed by atoms with E-state index < -0.39 is 5.79 Å². The van der Waals surface area contributed by atoms with E-state index in [1.807, 2.05) is 6.92 Å². The first-order chi connectivity index (χ1) is 14.7. The summed E-state index contributed by atoms with van der Waals surface area (Å²) in [6.45, 7) is 10.5. The molecule has 1 rings (SSSR count). The van der Waals surface area contributed by atoms with E-state index in [1.165, 1.54) is 30.9 Å². The van der Waals surface area contributed by atoms with Crippen LogP contribution in [0.25, 0.3) is 0 Å². The van der Waals surface area contributed by atoms with Gasteiger partial charge in [-0.2, -0.15) is 0 Å². The van der Waals surface area contributed by atoms with Crippen molar-refractivity contribution < 1.29 is 23.7 Å². The Morgan fingerprint density at radius 1 is 0.871 bits per heavy atom. The zero-order chi connectivity index (χ0) is 23.6. The number of allylic oxidation sites excluding steroid dienone is 7. The molecule has 2 atom stereocenters. The topological polar surface area (TPSA) is 54.0 Å². The van der Waals surface area contributed by atoms with E-state index in [1.54, 1.807) is 14.2 Å². The summed E-state index contributed by atoms with van der Waals surface area (Å²) in [5, 5.41) is 0. The summed E-state index contributed by atoms with van der Waals surface area (Å²) in [5.74, 6) is -1.30. The third-order valence-electron chi connectivity index (χ3n) is 6.14. The third-order valence-corrected chi connectivity index (χ3v) is 6.14. The maximum absolute atomic E-state index is 13.1. The molecule has 1 aliphatic rings. The standard InChI is InChI=1S/C26H42O5/c1-18(2)12-10-13-19(3)14-11-15-20(4)16-17-22-21(5)26(30-8,31-9)25(29-7)24(28-6)23(22)27/h12,14,16,21-22H,10-11,13,15,17H2,1-9H3/b19-14+,20-16+/t21-,22-/m1/s1. The Morgan fingerprint density at radius 2 is 1.42 bits per heavy atom. The molecule has 5 heteroatoms. The molecule has 0 aromatic heterocycles. The highest BCUT2D eigenvalue weighted by molar-refractivity contribution is 5.97. The number of hydrogen-bond acceptors (Lipinski definition) is 5. The van der Waals surface area contributed by atoms with Crippen LogP contribution in [0.1, 0.15) is 66.7 Å². The lowest BCUT2D eigenvalue weighted by Crippen LogP contribution is -2.52. The second-order valence-electron chi connectivity index (χ2n) is 8.60. The van der Waals surface area contributed by atoms with Gasteiger partial charge in [-0.3, -0.25) is 4.79 Å². The minimum absolute atomic E-state index is 0.0735. The Hall–Kier alpha value is -1.85. The van der Waals surface area contributed by atoms with E-state index in [-0.39, 0.29) is 23.4 Å². The fourth-order valence-corrected chi connectivity index (χ4v) is 4.18. The molecule has 0 bridgehead atoms. The van der Waals surface area contributed by atoms with Gasteiger partial charge in [0.25, 0.3) is 0 Å². The van der Waals surface area contributed by atoms with Gasteiger partial charge < -0.3 is 18.9 Å². The van der Waals surface area contributed by atoms with E-state index in [2.05, 4.69) is 45.9 Å². The zero-order valence-corrected chi connectivity index (χ0v) is 21.0. The van der Waals surface area contributed by atoms with Crippen LogP contribution >= 0.6 is 0 Å². The summed E-state index contributed by atoms with van der Waals surface area (Å²) in [7, 11) is 6.10. The predicted molar refractivity (Wildman–Crippen MR) is 125 cm³/mol. The maximum atomic E-state index is 13.1. The monoisotopic (exact) mass is 434 g/mol. The smallest absolute Gasteiger partial charge is 0.234 e. The quantitative estimate of drug-likeness (QED) is 0.273. The Balaban J connectivity index is 2.87. The predicted octanol–water partition coefficient (Wildman–Crippen LogP) is 6.12. The van der Waals surface area contributed by atoms with Gasteiger partial charge in [0, 0.05) is 26.1 Å². The highest BCUT2D eigenvalue weighted by Crippen LogP contribution is 2.44. The third kappa shape index (κ3) is 6.81. The largest absolute Gasteiger partial charge is 0.492 e. The minimum Gasteiger partial charge on any atom is -0.492 e. The van der Waals surface area contributed by atoms with Gasteiger partial charge in [-0.15, -0.1) is 0 Å².